The SMILES string of the molecule is CCCCBr.CCCCc1cn(CCCC)nn1.CCCCc1cn(CCCN)nn1.N=N/N=N/N=N.NN.O. The van der Waals surface area contributed by atoms with Crippen molar-refractivity contribution in [2.45, 2.75) is 111 Å². The molecule has 0 saturated heterocycles. The highest BCUT2D eigenvalue weighted by atomic mass is 79.9. The molecule has 0 aliphatic heterocycles. The van der Waals surface area contributed by atoms with Crippen LogP contribution in [0.25, 0.3) is 0 Å². The van der Waals surface area contributed by atoms with E-state index in [1.165, 1.54) is 51.4 Å². The van der Waals surface area contributed by atoms with Gasteiger partial charge in [-0.2, -0.15) is 11.1 Å². The molecule has 2 heterocycles. The third kappa shape index (κ3) is 31.6. The van der Waals surface area contributed by atoms with E-state index < -0.39 is 0 Å². The molecule has 0 fully saturated rings. The Hall–Kier alpha value is -2.60. The first-order chi connectivity index (χ1) is 19.1. The molecular weight excluding hydrogens is 582 g/mol. The predicted octanol–water partition coefficient (Wildman–Crippen LogP) is 4.90. The summed E-state index contributed by atoms with van der Waals surface area (Å²) < 4.78 is 3.83. The van der Waals surface area contributed by atoms with Gasteiger partial charge < -0.3 is 11.2 Å². The van der Waals surface area contributed by atoms with Crippen LogP contribution in [-0.2, 0) is 25.9 Å². The fraction of sp³-hybridized carbons (Fsp3) is 0.826. The van der Waals surface area contributed by atoms with Crippen molar-refractivity contribution in [2.24, 2.45) is 38.3 Å². The van der Waals surface area contributed by atoms with Crippen molar-refractivity contribution in [3.63, 3.8) is 0 Å². The molecule has 0 aliphatic rings. The molecule has 17 heteroatoms. The van der Waals surface area contributed by atoms with Crippen molar-refractivity contribution in [3.8, 4) is 0 Å². The average molecular weight is 637 g/mol. The van der Waals surface area contributed by atoms with Crippen LogP contribution in [0.4, 0.5) is 0 Å². The Bertz CT molecular complexity index is 679. The van der Waals surface area contributed by atoms with E-state index in [4.69, 9.17) is 16.8 Å². The van der Waals surface area contributed by atoms with Gasteiger partial charge in [0.1, 0.15) is 0 Å². The second-order valence-corrected chi connectivity index (χ2v) is 8.86. The summed E-state index contributed by atoms with van der Waals surface area (Å²) in [5, 5.41) is 27.6. The minimum absolute atomic E-state index is 0. The molecule has 0 aromatic carbocycles. The summed E-state index contributed by atoms with van der Waals surface area (Å²) in [7, 11) is 0. The summed E-state index contributed by atoms with van der Waals surface area (Å²) in [5.74, 6) is 8.00. The Morgan fingerprint density at radius 1 is 0.725 bits per heavy atom. The summed E-state index contributed by atoms with van der Waals surface area (Å²) in [6, 6.07) is 0. The van der Waals surface area contributed by atoms with E-state index >= 15 is 0 Å². The van der Waals surface area contributed by atoms with Crippen LogP contribution in [-0.4, -0.2) is 47.3 Å². The van der Waals surface area contributed by atoms with Crippen molar-refractivity contribution < 1.29 is 5.48 Å². The van der Waals surface area contributed by atoms with Crippen LogP contribution in [0.3, 0.4) is 0 Å². The summed E-state index contributed by atoms with van der Waals surface area (Å²) >= 11 is 3.31. The van der Waals surface area contributed by atoms with Gasteiger partial charge in [0.05, 0.1) is 11.4 Å². The maximum atomic E-state index is 5.93. The fourth-order valence-electron chi connectivity index (χ4n) is 2.59. The number of alkyl halides is 1. The Labute approximate surface area is 247 Å². The Morgan fingerprint density at radius 2 is 1.12 bits per heavy atom. The zero-order chi connectivity index (χ0) is 30.0. The second-order valence-electron chi connectivity index (χ2n) is 8.07. The third-order valence-electron chi connectivity index (χ3n) is 4.69. The van der Waals surface area contributed by atoms with E-state index in [0.29, 0.717) is 6.54 Å². The maximum absolute atomic E-state index is 5.93. The molecule has 2 rings (SSSR count). The van der Waals surface area contributed by atoms with E-state index in [-0.39, 0.29) is 5.48 Å². The molecule has 40 heavy (non-hydrogen) atoms. The number of nitrogens with zero attached hydrogens (tertiary/aromatic N) is 10. The first-order valence-electron chi connectivity index (χ1n) is 13.6. The van der Waals surface area contributed by atoms with E-state index in [0.717, 1.165) is 49.1 Å². The van der Waals surface area contributed by atoms with E-state index in [1.54, 1.807) is 0 Å². The minimum Gasteiger partial charge on any atom is -0.412 e. The molecule has 0 aliphatic carbocycles. The smallest absolute Gasteiger partial charge is 0.0827 e. The monoisotopic (exact) mass is 635 g/mol. The van der Waals surface area contributed by atoms with Gasteiger partial charge in [0.2, 0.25) is 0 Å². The first-order valence-corrected chi connectivity index (χ1v) is 14.7. The van der Waals surface area contributed by atoms with Crippen LogP contribution in [0, 0.1) is 11.1 Å². The van der Waals surface area contributed by atoms with Crippen LogP contribution < -0.4 is 17.4 Å². The number of unbranched alkanes of at least 4 members (excludes halogenated alkanes) is 4. The lowest BCUT2D eigenvalue weighted by Crippen LogP contribution is -2.06. The van der Waals surface area contributed by atoms with Gasteiger partial charge in [-0.3, -0.25) is 21.0 Å². The summed E-state index contributed by atoms with van der Waals surface area (Å²) in [5.41, 5.74) is 19.5. The van der Waals surface area contributed by atoms with Gasteiger partial charge in [-0.1, -0.05) is 79.7 Å². The Balaban J connectivity index is -0.000000225. The van der Waals surface area contributed by atoms with Gasteiger partial charge in [0.15, 0.2) is 0 Å². The van der Waals surface area contributed by atoms with Crippen molar-refractivity contribution in [3.05, 3.63) is 23.8 Å². The number of hydrogen-bond donors (Lipinski definition) is 5. The molecule has 0 spiro atoms. The normalized spacial score (nSPS) is 9.40. The van der Waals surface area contributed by atoms with Crippen molar-refractivity contribution in [1.82, 2.24) is 30.0 Å². The highest BCUT2D eigenvalue weighted by Crippen LogP contribution is 2.02. The van der Waals surface area contributed by atoms with E-state index in [2.05, 4.69) is 103 Å². The zero-order valence-corrected chi connectivity index (χ0v) is 26.4. The van der Waals surface area contributed by atoms with Crippen LogP contribution in [0.15, 0.2) is 33.3 Å². The van der Waals surface area contributed by atoms with Crippen molar-refractivity contribution in [2.75, 3.05) is 11.9 Å². The fourth-order valence-corrected chi connectivity index (χ4v) is 3.15. The Kier molecular flexibility index (Phi) is 42.8. The highest BCUT2D eigenvalue weighted by Gasteiger charge is 1.99. The summed E-state index contributed by atoms with van der Waals surface area (Å²) in [6.45, 7) is 11.4. The number of halogens is 1. The van der Waals surface area contributed by atoms with Gasteiger partial charge in [0, 0.05) is 30.8 Å². The number of nitrogens with two attached hydrogens (primary N) is 3. The molecule has 234 valence electrons. The van der Waals surface area contributed by atoms with Crippen LogP contribution in [0.1, 0.15) is 96.9 Å². The number of aromatic nitrogens is 6. The molecule has 0 atom stereocenters. The van der Waals surface area contributed by atoms with Gasteiger partial charge in [-0.05, 0) is 72.4 Å². The zero-order valence-electron chi connectivity index (χ0n) is 24.8. The molecule has 0 unspecified atom stereocenters. The molecular formula is C23H54BrN15O. The quantitative estimate of drug-likeness (QED) is 0.0735. The van der Waals surface area contributed by atoms with Crippen LogP contribution >= 0.6 is 15.9 Å². The number of hydrazine groups is 1. The standard InChI is InChI=1S/C10H19N3.C9H18N4.C4H9Br.H2N6.H4N2.H2O/c1-3-5-7-10-9-13(12-11-10)8-6-4-2;1-2-3-5-9-8-13(12-11-9)7-4-6-10;1-2-3-4-5;1-3-5-6-4-2;1-2;/h9H,3-8H2,1-2H3;8H,2-7,10H2,1H3;2-4H2,1H3;1-2H;1-2H2;1H2/b;;;3-1?,4-2?,6-5+;;. The van der Waals surface area contributed by atoms with Crippen molar-refractivity contribution >= 4 is 15.9 Å². The van der Waals surface area contributed by atoms with Crippen LogP contribution in [0.5, 0.6) is 0 Å². The lowest BCUT2D eigenvalue weighted by atomic mass is 10.2. The second kappa shape index (κ2) is 38.5. The largest absolute Gasteiger partial charge is 0.412 e. The first kappa shape index (κ1) is 44.4. The van der Waals surface area contributed by atoms with Gasteiger partial charge in [0.25, 0.3) is 0 Å². The van der Waals surface area contributed by atoms with Crippen molar-refractivity contribution in [1.29, 1.82) is 11.1 Å². The molecule has 0 radical (unpaired) electrons. The Morgan fingerprint density at radius 3 is 1.43 bits per heavy atom. The maximum Gasteiger partial charge on any atom is 0.0827 e. The van der Waals surface area contributed by atoms with Gasteiger partial charge in [-0.25, -0.2) is 0 Å². The van der Waals surface area contributed by atoms with Gasteiger partial charge >= 0.3 is 0 Å². The highest BCUT2D eigenvalue weighted by molar-refractivity contribution is 9.09. The molecule has 16 nitrogen and oxygen atoms in total. The van der Waals surface area contributed by atoms with E-state index in [9.17, 15) is 0 Å². The molecule has 2 aromatic rings. The number of rotatable bonds is 16. The van der Waals surface area contributed by atoms with E-state index in [1.807, 2.05) is 15.6 Å². The molecule has 0 amide bonds. The van der Waals surface area contributed by atoms with Crippen LogP contribution in [0.2, 0.25) is 0 Å². The molecule has 0 bridgehead atoms. The number of nitrogens with one attached hydrogen (secondary N) is 2. The lowest BCUT2D eigenvalue weighted by molar-refractivity contribution is 0.553. The third-order valence-corrected chi connectivity index (χ3v) is 5.25. The molecule has 10 N–H and O–H groups in total. The number of aryl methyl sites for hydroxylation is 4. The predicted molar refractivity (Wildman–Crippen MR) is 162 cm³/mol. The minimum atomic E-state index is 0. The summed E-state index contributed by atoms with van der Waals surface area (Å²) in [6.07, 6.45) is 17.0. The number of hydrogen-bond acceptors (Lipinski definition) is 9. The molecule has 0 saturated carbocycles. The average Bonchev–Trinajstić information content (AvgIpc) is 3.63. The molecule has 2 aromatic heterocycles. The topological polar surface area (TPSA) is 268 Å². The summed E-state index contributed by atoms with van der Waals surface area (Å²) in [4.78, 5) is 0. The van der Waals surface area contributed by atoms with Gasteiger partial charge in [-0.15, -0.1) is 10.2 Å². The lowest BCUT2D eigenvalue weighted by Gasteiger charge is -1.95.